The molecule has 0 atom stereocenters. The van der Waals surface area contributed by atoms with Crippen molar-refractivity contribution in [2.24, 2.45) is 10.9 Å². The third-order valence-electron chi connectivity index (χ3n) is 3.42. The quantitative estimate of drug-likeness (QED) is 0.349. The van der Waals surface area contributed by atoms with Gasteiger partial charge in [0.15, 0.2) is 5.84 Å². The Bertz CT molecular complexity index is 768. The Labute approximate surface area is 119 Å². The number of nitrogens with zero attached hydrogens (tertiary/aromatic N) is 4. The Hall–Kier alpha value is -2.90. The molecule has 3 rings (SSSR count). The number of amidine groups is 1. The van der Waals surface area contributed by atoms with Crippen LogP contribution in [0.25, 0.3) is 5.69 Å². The van der Waals surface area contributed by atoms with Crippen molar-refractivity contribution in [3.63, 3.8) is 0 Å². The van der Waals surface area contributed by atoms with Gasteiger partial charge in [0.05, 0.1) is 23.5 Å². The summed E-state index contributed by atoms with van der Waals surface area (Å²) in [6.45, 7) is 0.165. The van der Waals surface area contributed by atoms with Gasteiger partial charge in [-0.15, -0.1) is 0 Å². The molecule has 0 fully saturated rings. The lowest BCUT2D eigenvalue weighted by Crippen LogP contribution is -2.27. The minimum Gasteiger partial charge on any atom is -0.409 e. The molecule has 0 saturated carbocycles. The van der Waals surface area contributed by atoms with E-state index in [1.165, 1.54) is 23.4 Å². The van der Waals surface area contributed by atoms with Gasteiger partial charge in [-0.1, -0.05) is 11.2 Å². The first-order chi connectivity index (χ1) is 10.0. The predicted molar refractivity (Wildman–Crippen MR) is 71.8 cm³/mol. The summed E-state index contributed by atoms with van der Waals surface area (Å²) in [6, 6.07) is 4.37. The van der Waals surface area contributed by atoms with Crippen LogP contribution in [0.1, 0.15) is 21.7 Å². The van der Waals surface area contributed by atoms with E-state index in [-0.39, 0.29) is 23.6 Å². The normalized spacial score (nSPS) is 14.7. The van der Waals surface area contributed by atoms with Crippen LogP contribution < -0.4 is 5.73 Å². The van der Waals surface area contributed by atoms with E-state index in [1.54, 1.807) is 17.7 Å². The van der Waals surface area contributed by atoms with E-state index in [0.717, 1.165) is 0 Å². The fourth-order valence-electron chi connectivity index (χ4n) is 2.41. The van der Waals surface area contributed by atoms with Crippen LogP contribution in [0.3, 0.4) is 0 Å². The van der Waals surface area contributed by atoms with Crippen LogP contribution in [0.15, 0.2) is 29.7 Å². The maximum absolute atomic E-state index is 14.0. The maximum atomic E-state index is 14.0. The Morgan fingerprint density at radius 3 is 3.00 bits per heavy atom. The fourth-order valence-corrected chi connectivity index (χ4v) is 2.41. The van der Waals surface area contributed by atoms with Gasteiger partial charge < -0.3 is 15.8 Å². The second-order valence-electron chi connectivity index (χ2n) is 4.69. The second-order valence-corrected chi connectivity index (χ2v) is 4.69. The van der Waals surface area contributed by atoms with Crippen molar-refractivity contribution in [1.29, 1.82) is 0 Å². The Morgan fingerprint density at radius 1 is 1.52 bits per heavy atom. The number of aromatic nitrogens is 2. The minimum atomic E-state index is -0.601. The monoisotopic (exact) mass is 289 g/mol. The highest BCUT2D eigenvalue weighted by atomic mass is 19.1. The Morgan fingerprint density at radius 2 is 2.29 bits per heavy atom. The van der Waals surface area contributed by atoms with Crippen LogP contribution in [0.5, 0.6) is 0 Å². The van der Waals surface area contributed by atoms with E-state index >= 15 is 0 Å². The molecule has 0 aliphatic carbocycles. The lowest BCUT2D eigenvalue weighted by Gasteiger charge is -2.14. The van der Waals surface area contributed by atoms with Crippen LogP contribution in [-0.4, -0.2) is 38.4 Å². The zero-order chi connectivity index (χ0) is 15.1. The lowest BCUT2D eigenvalue weighted by atomic mass is 10.1. The van der Waals surface area contributed by atoms with E-state index in [1.807, 2.05) is 0 Å². The van der Waals surface area contributed by atoms with E-state index in [4.69, 9.17) is 10.9 Å². The molecule has 8 heteroatoms. The first kappa shape index (κ1) is 13.1. The summed E-state index contributed by atoms with van der Waals surface area (Å²) in [7, 11) is 1.55. The number of amides is 1. The number of halogens is 1. The number of hydrogen-bond donors (Lipinski definition) is 2. The molecule has 1 aromatic heterocycles. The van der Waals surface area contributed by atoms with Crippen molar-refractivity contribution in [3.05, 3.63) is 47.3 Å². The molecule has 1 amide bonds. The Balaban J connectivity index is 2.32. The van der Waals surface area contributed by atoms with Crippen molar-refractivity contribution < 1.29 is 14.4 Å². The molecule has 2 aromatic rings. The van der Waals surface area contributed by atoms with Crippen LogP contribution in [0.2, 0.25) is 0 Å². The summed E-state index contributed by atoms with van der Waals surface area (Å²) in [5.41, 5.74) is 6.75. The molecule has 21 heavy (non-hydrogen) atoms. The fraction of sp³-hybridized carbons (Fsp3) is 0.154. The van der Waals surface area contributed by atoms with Gasteiger partial charge in [0, 0.05) is 7.05 Å². The van der Waals surface area contributed by atoms with E-state index in [2.05, 4.69) is 10.1 Å². The summed E-state index contributed by atoms with van der Waals surface area (Å²) in [5.74, 6) is -1.20. The highest BCUT2D eigenvalue weighted by molar-refractivity contribution is 6.00. The smallest absolute Gasteiger partial charge is 0.259 e. The summed E-state index contributed by atoms with van der Waals surface area (Å²) in [5, 5.41) is 11.7. The molecule has 7 nitrogen and oxygen atoms in total. The zero-order valence-corrected chi connectivity index (χ0v) is 11.1. The van der Waals surface area contributed by atoms with Crippen LogP contribution in [-0.2, 0) is 6.54 Å². The number of benzene rings is 1. The van der Waals surface area contributed by atoms with Crippen molar-refractivity contribution in [2.45, 2.75) is 6.54 Å². The van der Waals surface area contributed by atoms with Crippen LogP contribution >= 0.6 is 0 Å². The largest absolute Gasteiger partial charge is 0.409 e. The van der Waals surface area contributed by atoms with Gasteiger partial charge in [0.2, 0.25) is 0 Å². The molecule has 1 aromatic carbocycles. The SMILES string of the molecule is CN1Cc2c(/C(N)=N/O)ncn2-c2cccc(F)c2C1=O. The van der Waals surface area contributed by atoms with Gasteiger partial charge >= 0.3 is 0 Å². The van der Waals surface area contributed by atoms with E-state index in [0.29, 0.717) is 11.4 Å². The number of hydrogen-bond acceptors (Lipinski definition) is 4. The summed E-state index contributed by atoms with van der Waals surface area (Å²) >= 11 is 0. The first-order valence-corrected chi connectivity index (χ1v) is 6.13. The van der Waals surface area contributed by atoms with Crippen LogP contribution in [0.4, 0.5) is 4.39 Å². The molecule has 0 radical (unpaired) electrons. The van der Waals surface area contributed by atoms with Crippen molar-refractivity contribution in [2.75, 3.05) is 7.05 Å². The molecule has 0 bridgehead atoms. The van der Waals surface area contributed by atoms with E-state index < -0.39 is 11.7 Å². The lowest BCUT2D eigenvalue weighted by molar-refractivity contribution is 0.0783. The standard InChI is InChI=1S/C13H12FN5O2/c1-18-5-9-11(12(15)17-21)16-6-19(9)8-4-2-3-7(14)10(8)13(18)20/h2-4,6,21H,5H2,1H3,(H2,15,17). The van der Waals surface area contributed by atoms with Gasteiger partial charge in [-0.05, 0) is 12.1 Å². The Kier molecular flexibility index (Phi) is 2.86. The average Bonchev–Trinajstić information content (AvgIpc) is 2.84. The molecular formula is C13H12FN5O2. The van der Waals surface area contributed by atoms with Gasteiger partial charge in [-0.2, -0.15) is 0 Å². The number of carbonyl (C=O) groups excluding carboxylic acids is 1. The van der Waals surface area contributed by atoms with Gasteiger partial charge in [-0.25, -0.2) is 9.37 Å². The zero-order valence-electron chi connectivity index (χ0n) is 11.1. The number of rotatable bonds is 1. The van der Waals surface area contributed by atoms with Gasteiger partial charge in [0.1, 0.15) is 17.8 Å². The summed E-state index contributed by atoms with van der Waals surface area (Å²) in [6.07, 6.45) is 1.42. The molecule has 0 unspecified atom stereocenters. The topological polar surface area (TPSA) is 96.7 Å². The minimum absolute atomic E-state index is 0.0257. The van der Waals surface area contributed by atoms with Crippen molar-refractivity contribution in [3.8, 4) is 5.69 Å². The predicted octanol–water partition coefficient (Wildman–Crippen LogP) is 0.691. The number of fused-ring (bicyclic) bond motifs is 3. The maximum Gasteiger partial charge on any atom is 0.259 e. The number of carbonyl (C=O) groups is 1. The molecular weight excluding hydrogens is 277 g/mol. The molecule has 0 spiro atoms. The molecule has 3 N–H and O–H groups in total. The van der Waals surface area contributed by atoms with Crippen molar-refractivity contribution >= 4 is 11.7 Å². The molecule has 2 heterocycles. The average molecular weight is 289 g/mol. The number of imidazole rings is 1. The van der Waals surface area contributed by atoms with Gasteiger partial charge in [0.25, 0.3) is 5.91 Å². The second kappa shape index (κ2) is 4.58. The summed E-state index contributed by atoms with van der Waals surface area (Å²) < 4.78 is 15.6. The summed E-state index contributed by atoms with van der Waals surface area (Å²) in [4.78, 5) is 17.8. The molecule has 0 saturated heterocycles. The highest BCUT2D eigenvalue weighted by Gasteiger charge is 2.29. The first-order valence-electron chi connectivity index (χ1n) is 6.13. The molecule has 1 aliphatic rings. The van der Waals surface area contributed by atoms with E-state index in [9.17, 15) is 9.18 Å². The van der Waals surface area contributed by atoms with Crippen LogP contribution in [0, 0.1) is 5.82 Å². The van der Waals surface area contributed by atoms with Gasteiger partial charge in [-0.3, -0.25) is 9.36 Å². The molecule has 108 valence electrons. The number of oxime groups is 1. The molecule has 1 aliphatic heterocycles. The highest BCUT2D eigenvalue weighted by Crippen LogP contribution is 2.27. The third kappa shape index (κ3) is 1.83. The van der Waals surface area contributed by atoms with Crippen molar-refractivity contribution in [1.82, 2.24) is 14.5 Å². The number of nitrogens with two attached hydrogens (primary N) is 1. The third-order valence-corrected chi connectivity index (χ3v) is 3.42.